The number of amides is 2. The lowest BCUT2D eigenvalue weighted by Crippen LogP contribution is -2.56. The molecule has 0 radical (unpaired) electrons. The van der Waals surface area contributed by atoms with Gasteiger partial charge < -0.3 is 14.4 Å². The van der Waals surface area contributed by atoms with E-state index in [1.54, 1.807) is 0 Å². The topological polar surface area (TPSA) is 46.6 Å². The van der Waals surface area contributed by atoms with Crippen LogP contribution in [0, 0.1) is 5.41 Å². The summed E-state index contributed by atoms with van der Waals surface area (Å²) in [5.41, 5.74) is 0.134. The maximum absolute atomic E-state index is 12.7. The number of likely N-dealkylation sites (tertiary alicyclic amines) is 1. The largest absolute Gasteiger partial charge is 0.616 e. The molecule has 5 heteroatoms. The molecular formula is C14H26N2O2S. The Hall–Kier alpha value is -0.420. The SMILES string of the molecule is CC(C)(C)C1CCCCN1C(=O)N1CC[S+]([O-])CC1. The molecule has 2 fully saturated rings. The Labute approximate surface area is 119 Å². The van der Waals surface area contributed by atoms with Gasteiger partial charge in [0, 0.05) is 12.6 Å². The predicted molar refractivity (Wildman–Crippen MR) is 78.6 cm³/mol. The lowest BCUT2D eigenvalue weighted by Gasteiger charge is -2.45. The molecule has 0 aromatic rings. The first-order chi connectivity index (χ1) is 8.89. The second kappa shape index (κ2) is 5.92. The van der Waals surface area contributed by atoms with Crippen molar-refractivity contribution < 1.29 is 9.35 Å². The fraction of sp³-hybridized carbons (Fsp3) is 0.929. The number of urea groups is 1. The Kier molecular flexibility index (Phi) is 4.66. The minimum atomic E-state index is -0.721. The van der Waals surface area contributed by atoms with Gasteiger partial charge in [-0.2, -0.15) is 0 Å². The predicted octanol–water partition coefficient (Wildman–Crippen LogP) is 2.07. The Morgan fingerprint density at radius 3 is 2.37 bits per heavy atom. The van der Waals surface area contributed by atoms with Gasteiger partial charge in [-0.15, -0.1) is 0 Å². The monoisotopic (exact) mass is 286 g/mol. The molecule has 1 unspecified atom stereocenters. The Balaban J connectivity index is 2.03. The summed E-state index contributed by atoms with van der Waals surface area (Å²) in [5.74, 6) is 1.28. The van der Waals surface area contributed by atoms with Gasteiger partial charge >= 0.3 is 6.03 Å². The van der Waals surface area contributed by atoms with E-state index in [2.05, 4.69) is 25.7 Å². The summed E-state index contributed by atoms with van der Waals surface area (Å²) in [6.45, 7) is 8.83. The van der Waals surface area contributed by atoms with E-state index in [1.807, 2.05) is 4.90 Å². The zero-order valence-corrected chi connectivity index (χ0v) is 13.2. The highest BCUT2D eigenvalue weighted by Crippen LogP contribution is 2.32. The van der Waals surface area contributed by atoms with Gasteiger partial charge in [-0.3, -0.25) is 0 Å². The second-order valence-corrected chi connectivity index (χ2v) is 8.38. The number of piperidine rings is 1. The Morgan fingerprint density at radius 1 is 1.16 bits per heavy atom. The van der Waals surface area contributed by atoms with Crippen LogP contribution in [0.15, 0.2) is 0 Å². The minimum Gasteiger partial charge on any atom is -0.616 e. The molecule has 0 saturated carbocycles. The normalized spacial score (nSPS) is 26.6. The van der Waals surface area contributed by atoms with Crippen LogP contribution in [-0.2, 0) is 11.2 Å². The van der Waals surface area contributed by atoms with E-state index in [-0.39, 0.29) is 11.4 Å². The van der Waals surface area contributed by atoms with Gasteiger partial charge in [-0.05, 0) is 24.7 Å². The van der Waals surface area contributed by atoms with E-state index in [4.69, 9.17) is 0 Å². The standard InChI is InChI=1S/C14H26N2O2S/c1-14(2,3)12-6-4-5-7-16(12)13(17)15-8-10-19(18)11-9-15/h12H,4-11H2,1-3H3. The van der Waals surface area contributed by atoms with Crippen molar-refractivity contribution in [1.29, 1.82) is 0 Å². The number of hydrogen-bond acceptors (Lipinski definition) is 2. The average molecular weight is 286 g/mol. The molecule has 110 valence electrons. The molecule has 2 aliphatic heterocycles. The fourth-order valence-electron chi connectivity index (χ4n) is 3.07. The van der Waals surface area contributed by atoms with Crippen molar-refractivity contribution in [2.45, 2.75) is 46.1 Å². The molecule has 2 heterocycles. The lowest BCUT2D eigenvalue weighted by atomic mass is 9.81. The summed E-state index contributed by atoms with van der Waals surface area (Å²) in [5, 5.41) is 0. The van der Waals surface area contributed by atoms with E-state index in [0.717, 1.165) is 19.4 Å². The maximum Gasteiger partial charge on any atom is 0.320 e. The van der Waals surface area contributed by atoms with E-state index in [1.165, 1.54) is 6.42 Å². The van der Waals surface area contributed by atoms with Crippen LogP contribution < -0.4 is 0 Å². The zero-order valence-electron chi connectivity index (χ0n) is 12.4. The molecule has 0 aliphatic carbocycles. The third kappa shape index (κ3) is 3.57. The Morgan fingerprint density at radius 2 is 1.79 bits per heavy atom. The van der Waals surface area contributed by atoms with Crippen molar-refractivity contribution in [3.8, 4) is 0 Å². The van der Waals surface area contributed by atoms with Gasteiger partial charge in [0.2, 0.25) is 0 Å². The first-order valence-corrected chi connectivity index (χ1v) is 8.79. The van der Waals surface area contributed by atoms with Crippen molar-refractivity contribution in [2.24, 2.45) is 5.41 Å². The molecule has 2 amide bonds. The van der Waals surface area contributed by atoms with Crippen LogP contribution in [0.5, 0.6) is 0 Å². The highest BCUT2D eigenvalue weighted by molar-refractivity contribution is 7.91. The van der Waals surface area contributed by atoms with Gasteiger partial charge in [-0.1, -0.05) is 31.9 Å². The Bertz CT molecular complexity index is 322. The van der Waals surface area contributed by atoms with Crippen molar-refractivity contribution in [3.05, 3.63) is 0 Å². The molecule has 19 heavy (non-hydrogen) atoms. The average Bonchev–Trinajstić information content (AvgIpc) is 2.38. The first kappa shape index (κ1) is 15.0. The molecular weight excluding hydrogens is 260 g/mol. The lowest BCUT2D eigenvalue weighted by molar-refractivity contribution is 0.0679. The molecule has 2 rings (SSSR count). The van der Waals surface area contributed by atoms with Gasteiger partial charge in [-0.25, -0.2) is 4.79 Å². The van der Waals surface area contributed by atoms with E-state index in [0.29, 0.717) is 30.6 Å². The van der Waals surface area contributed by atoms with Crippen LogP contribution in [-0.4, -0.2) is 57.6 Å². The summed E-state index contributed by atoms with van der Waals surface area (Å²) in [6, 6.07) is 0.498. The van der Waals surface area contributed by atoms with Crippen LogP contribution in [0.4, 0.5) is 4.79 Å². The van der Waals surface area contributed by atoms with Gasteiger partial charge in [0.1, 0.15) is 11.5 Å². The van der Waals surface area contributed by atoms with Crippen LogP contribution >= 0.6 is 0 Å². The summed E-state index contributed by atoms with van der Waals surface area (Å²) in [4.78, 5) is 16.6. The van der Waals surface area contributed by atoms with Crippen LogP contribution in [0.2, 0.25) is 0 Å². The summed E-state index contributed by atoms with van der Waals surface area (Å²) in [7, 11) is 0. The molecule has 0 bridgehead atoms. The highest BCUT2D eigenvalue weighted by Gasteiger charge is 2.37. The number of rotatable bonds is 0. The molecule has 0 aromatic carbocycles. The van der Waals surface area contributed by atoms with E-state index >= 15 is 0 Å². The van der Waals surface area contributed by atoms with E-state index in [9.17, 15) is 9.35 Å². The quantitative estimate of drug-likeness (QED) is 0.640. The van der Waals surface area contributed by atoms with Crippen molar-refractivity contribution in [3.63, 3.8) is 0 Å². The van der Waals surface area contributed by atoms with E-state index < -0.39 is 11.2 Å². The molecule has 1 atom stereocenters. The molecule has 0 aromatic heterocycles. The zero-order chi connectivity index (χ0) is 14.0. The third-order valence-electron chi connectivity index (χ3n) is 4.20. The first-order valence-electron chi connectivity index (χ1n) is 7.30. The van der Waals surface area contributed by atoms with Gasteiger partial charge in [0.05, 0.1) is 13.1 Å². The fourth-order valence-corrected chi connectivity index (χ4v) is 4.12. The second-order valence-electron chi connectivity index (χ2n) is 6.69. The number of carbonyl (C=O) groups is 1. The summed E-state index contributed by atoms with van der Waals surface area (Å²) < 4.78 is 11.4. The highest BCUT2D eigenvalue weighted by atomic mass is 32.2. The van der Waals surface area contributed by atoms with Crippen LogP contribution in [0.1, 0.15) is 40.0 Å². The van der Waals surface area contributed by atoms with Crippen molar-refractivity contribution in [2.75, 3.05) is 31.1 Å². The number of nitrogens with zero attached hydrogens (tertiary/aromatic N) is 2. The smallest absolute Gasteiger partial charge is 0.320 e. The molecule has 0 N–H and O–H groups in total. The van der Waals surface area contributed by atoms with Gasteiger partial charge in [0.25, 0.3) is 0 Å². The molecule has 0 spiro atoms. The molecule has 2 aliphatic rings. The molecule has 2 saturated heterocycles. The van der Waals surface area contributed by atoms with Crippen LogP contribution in [0.3, 0.4) is 0 Å². The summed E-state index contributed by atoms with van der Waals surface area (Å²) in [6.07, 6.45) is 3.43. The van der Waals surface area contributed by atoms with Crippen molar-refractivity contribution >= 4 is 17.2 Å². The van der Waals surface area contributed by atoms with Crippen molar-refractivity contribution in [1.82, 2.24) is 9.80 Å². The number of carbonyl (C=O) groups excluding carboxylic acids is 1. The van der Waals surface area contributed by atoms with Gasteiger partial charge in [0.15, 0.2) is 0 Å². The maximum atomic E-state index is 12.7. The van der Waals surface area contributed by atoms with Crippen LogP contribution in [0.25, 0.3) is 0 Å². The molecule has 4 nitrogen and oxygen atoms in total. The number of hydrogen-bond donors (Lipinski definition) is 0. The minimum absolute atomic E-state index is 0.134. The summed E-state index contributed by atoms with van der Waals surface area (Å²) >= 11 is -0.721. The third-order valence-corrected chi connectivity index (χ3v) is 5.47.